The molecule has 0 atom stereocenters. The zero-order valence-corrected chi connectivity index (χ0v) is 15.8. The van der Waals surface area contributed by atoms with E-state index in [1.165, 1.54) is 33.5 Å². The van der Waals surface area contributed by atoms with Gasteiger partial charge in [0, 0.05) is 25.2 Å². The van der Waals surface area contributed by atoms with Gasteiger partial charge in [0.2, 0.25) is 21.7 Å². The summed E-state index contributed by atoms with van der Waals surface area (Å²) >= 11 is 0. The molecule has 9 heteroatoms. The minimum Gasteiger partial charge on any atom is -0.493 e. The topological polar surface area (TPSA) is 85.4 Å². The van der Waals surface area contributed by atoms with E-state index >= 15 is 0 Å². The molecular formula is C16H24N2O6S. The number of carbonyl (C=O) groups is 1. The van der Waals surface area contributed by atoms with Crippen LogP contribution in [0.4, 0.5) is 5.69 Å². The van der Waals surface area contributed by atoms with Crippen molar-refractivity contribution in [2.75, 3.05) is 51.5 Å². The lowest BCUT2D eigenvalue weighted by Crippen LogP contribution is -2.41. The third-order valence-electron chi connectivity index (χ3n) is 4.08. The molecule has 0 spiro atoms. The van der Waals surface area contributed by atoms with Crippen LogP contribution in [0.3, 0.4) is 0 Å². The fraction of sp³-hybridized carbons (Fsp3) is 0.562. The van der Waals surface area contributed by atoms with Crippen molar-refractivity contribution >= 4 is 21.6 Å². The van der Waals surface area contributed by atoms with Crippen LogP contribution in [-0.2, 0) is 14.8 Å². The Balaban J connectivity index is 2.42. The van der Waals surface area contributed by atoms with Crippen LogP contribution in [0.1, 0.15) is 12.8 Å². The number of sulfonamides is 1. The van der Waals surface area contributed by atoms with E-state index in [4.69, 9.17) is 14.2 Å². The van der Waals surface area contributed by atoms with Gasteiger partial charge in [0.15, 0.2) is 11.5 Å². The van der Waals surface area contributed by atoms with Gasteiger partial charge in [-0.25, -0.2) is 8.42 Å². The second-order valence-electron chi connectivity index (χ2n) is 5.74. The van der Waals surface area contributed by atoms with Crippen LogP contribution in [0.15, 0.2) is 12.1 Å². The summed E-state index contributed by atoms with van der Waals surface area (Å²) in [5.41, 5.74) is 0.282. The quantitative estimate of drug-likeness (QED) is 0.713. The summed E-state index contributed by atoms with van der Waals surface area (Å²) in [5.74, 6) is 0.767. The summed E-state index contributed by atoms with van der Waals surface area (Å²) in [5, 5.41) is 0. The molecule has 0 bridgehead atoms. The van der Waals surface area contributed by atoms with Crippen LogP contribution in [0, 0.1) is 0 Å². The number of carbonyl (C=O) groups excluding carboxylic acids is 1. The van der Waals surface area contributed by atoms with Crippen molar-refractivity contribution in [2.45, 2.75) is 12.8 Å². The molecule has 0 saturated carbocycles. The summed E-state index contributed by atoms with van der Waals surface area (Å²) in [4.78, 5) is 14.1. The van der Waals surface area contributed by atoms with Crippen LogP contribution in [-0.4, -0.2) is 66.4 Å². The second kappa shape index (κ2) is 7.81. The predicted octanol–water partition coefficient (Wildman–Crippen LogP) is 1.10. The van der Waals surface area contributed by atoms with Gasteiger partial charge in [-0.05, 0) is 12.8 Å². The van der Waals surface area contributed by atoms with Crippen LogP contribution >= 0.6 is 0 Å². The zero-order chi connectivity index (χ0) is 18.6. The van der Waals surface area contributed by atoms with Gasteiger partial charge in [-0.2, -0.15) is 0 Å². The third-order valence-corrected chi connectivity index (χ3v) is 5.22. The number of hydrogen-bond donors (Lipinski definition) is 0. The maximum absolute atomic E-state index is 12.4. The maximum Gasteiger partial charge on any atom is 0.243 e. The highest BCUT2D eigenvalue weighted by molar-refractivity contribution is 7.92. The van der Waals surface area contributed by atoms with E-state index in [2.05, 4.69) is 0 Å². The molecule has 1 amide bonds. The first-order valence-electron chi connectivity index (χ1n) is 7.87. The largest absolute Gasteiger partial charge is 0.493 e. The van der Waals surface area contributed by atoms with Crippen molar-refractivity contribution in [1.82, 2.24) is 4.90 Å². The average Bonchev–Trinajstić information content (AvgIpc) is 3.11. The van der Waals surface area contributed by atoms with Crippen molar-refractivity contribution in [3.63, 3.8) is 0 Å². The van der Waals surface area contributed by atoms with Crippen molar-refractivity contribution in [2.24, 2.45) is 0 Å². The van der Waals surface area contributed by atoms with E-state index in [0.29, 0.717) is 30.3 Å². The van der Waals surface area contributed by atoms with Crippen LogP contribution in [0.25, 0.3) is 0 Å². The lowest BCUT2D eigenvalue weighted by Gasteiger charge is -2.26. The maximum atomic E-state index is 12.4. The lowest BCUT2D eigenvalue weighted by molar-refractivity contribution is -0.128. The molecule has 1 aliphatic rings. The second-order valence-corrected chi connectivity index (χ2v) is 7.65. The number of ether oxygens (including phenoxy) is 3. The van der Waals surface area contributed by atoms with E-state index in [-0.39, 0.29) is 18.1 Å². The molecule has 0 aliphatic carbocycles. The first-order chi connectivity index (χ1) is 11.8. The van der Waals surface area contributed by atoms with E-state index < -0.39 is 10.0 Å². The molecule has 1 aliphatic heterocycles. The molecule has 1 saturated heterocycles. The Labute approximate surface area is 148 Å². The Morgan fingerprint density at radius 2 is 1.60 bits per heavy atom. The van der Waals surface area contributed by atoms with E-state index in [9.17, 15) is 13.2 Å². The molecule has 1 aromatic rings. The number of benzene rings is 1. The number of nitrogens with zero attached hydrogens (tertiary/aromatic N) is 2. The summed E-state index contributed by atoms with van der Waals surface area (Å²) in [7, 11) is 0.677. The molecule has 1 aromatic carbocycles. The highest BCUT2D eigenvalue weighted by Gasteiger charge is 2.27. The smallest absolute Gasteiger partial charge is 0.243 e. The van der Waals surface area contributed by atoms with Gasteiger partial charge >= 0.3 is 0 Å². The Hall–Kier alpha value is -2.16. The zero-order valence-electron chi connectivity index (χ0n) is 14.9. The Kier molecular flexibility index (Phi) is 5.99. The number of rotatable bonds is 7. The number of amides is 1. The van der Waals surface area contributed by atoms with Gasteiger partial charge in [-0.3, -0.25) is 9.10 Å². The fourth-order valence-electron chi connectivity index (χ4n) is 2.80. The molecule has 140 valence electrons. The highest BCUT2D eigenvalue weighted by atomic mass is 32.2. The molecule has 8 nitrogen and oxygen atoms in total. The molecular weight excluding hydrogens is 348 g/mol. The highest BCUT2D eigenvalue weighted by Crippen LogP contribution is 2.41. The predicted molar refractivity (Wildman–Crippen MR) is 94.1 cm³/mol. The van der Waals surface area contributed by atoms with Crippen molar-refractivity contribution in [3.8, 4) is 17.2 Å². The number of likely N-dealkylation sites (tertiary alicyclic amines) is 1. The fourth-order valence-corrected chi connectivity index (χ4v) is 3.63. The third kappa shape index (κ3) is 4.28. The minimum atomic E-state index is -3.68. The monoisotopic (exact) mass is 372 g/mol. The number of hydrogen-bond acceptors (Lipinski definition) is 6. The van der Waals surface area contributed by atoms with Gasteiger partial charge in [0.1, 0.15) is 6.54 Å². The molecule has 0 unspecified atom stereocenters. The van der Waals surface area contributed by atoms with Gasteiger partial charge in [0.05, 0.1) is 33.3 Å². The van der Waals surface area contributed by atoms with Gasteiger partial charge in [0.25, 0.3) is 0 Å². The molecule has 2 rings (SSSR count). The van der Waals surface area contributed by atoms with Crippen molar-refractivity contribution in [3.05, 3.63) is 12.1 Å². The SMILES string of the molecule is COc1cc(N(CC(=O)N2CCCC2)S(C)(=O)=O)cc(OC)c1OC. The van der Waals surface area contributed by atoms with Gasteiger partial charge < -0.3 is 19.1 Å². The average molecular weight is 372 g/mol. The number of methoxy groups -OCH3 is 3. The van der Waals surface area contributed by atoms with Crippen molar-refractivity contribution < 1.29 is 27.4 Å². The van der Waals surface area contributed by atoms with E-state index in [0.717, 1.165) is 23.4 Å². The van der Waals surface area contributed by atoms with Crippen LogP contribution in [0.5, 0.6) is 17.2 Å². The summed E-state index contributed by atoms with van der Waals surface area (Å²) in [6.07, 6.45) is 2.94. The van der Waals surface area contributed by atoms with Crippen LogP contribution < -0.4 is 18.5 Å². The van der Waals surface area contributed by atoms with Gasteiger partial charge in [-0.1, -0.05) is 0 Å². The summed E-state index contributed by atoms with van der Waals surface area (Å²) < 4.78 is 41.4. The normalized spacial score (nSPS) is 14.3. The Morgan fingerprint density at radius 3 is 2.00 bits per heavy atom. The lowest BCUT2D eigenvalue weighted by atomic mass is 10.2. The Morgan fingerprint density at radius 1 is 1.08 bits per heavy atom. The molecule has 1 fully saturated rings. The standard InChI is InChI=1S/C16H24N2O6S/c1-22-13-9-12(10-14(23-2)16(13)24-3)18(25(4,20)21)11-15(19)17-7-5-6-8-17/h9-10H,5-8,11H2,1-4H3. The van der Waals surface area contributed by atoms with E-state index in [1.54, 1.807) is 4.90 Å². The molecule has 1 heterocycles. The summed E-state index contributed by atoms with van der Waals surface area (Å²) in [6, 6.07) is 3.03. The number of anilines is 1. The first kappa shape index (κ1) is 19.2. The molecule has 0 aromatic heterocycles. The first-order valence-corrected chi connectivity index (χ1v) is 9.72. The minimum absolute atomic E-state index is 0.225. The van der Waals surface area contributed by atoms with Crippen molar-refractivity contribution in [1.29, 1.82) is 0 Å². The molecule has 25 heavy (non-hydrogen) atoms. The van der Waals surface area contributed by atoms with Crippen LogP contribution in [0.2, 0.25) is 0 Å². The van der Waals surface area contributed by atoms with E-state index in [1.807, 2.05) is 0 Å². The Bertz CT molecular complexity index is 703. The van der Waals surface area contributed by atoms with Gasteiger partial charge in [-0.15, -0.1) is 0 Å². The molecule has 0 radical (unpaired) electrons. The molecule has 0 N–H and O–H groups in total. The summed E-state index contributed by atoms with van der Waals surface area (Å²) in [6.45, 7) is 1.05.